The number of nitrogens with zero attached hydrogens (tertiary/aromatic N) is 2. The quantitative estimate of drug-likeness (QED) is 0.944. The fraction of sp³-hybridized carbons (Fsp3) is 0.200. The summed E-state index contributed by atoms with van der Waals surface area (Å²) in [7, 11) is 0. The number of hydrogen-bond acceptors (Lipinski definition) is 5. The first kappa shape index (κ1) is 14.5. The molecule has 0 aliphatic carbocycles. The topological polar surface area (TPSA) is 67.1 Å². The SMILES string of the molecule is CC1(C)ON=C(c2ccc(Cl)cc2)N1NC(=O)c1ccco1. The van der Waals surface area contributed by atoms with Gasteiger partial charge in [0.15, 0.2) is 11.6 Å². The van der Waals surface area contributed by atoms with Gasteiger partial charge in [0.2, 0.25) is 5.72 Å². The molecule has 7 heteroatoms. The molecule has 2 aromatic rings. The lowest BCUT2D eigenvalue weighted by molar-refractivity contribution is -0.0826. The molecule has 22 heavy (non-hydrogen) atoms. The Labute approximate surface area is 132 Å². The molecule has 0 unspecified atom stereocenters. The van der Waals surface area contributed by atoms with E-state index in [2.05, 4.69) is 10.6 Å². The minimum Gasteiger partial charge on any atom is -0.459 e. The van der Waals surface area contributed by atoms with Crippen molar-refractivity contribution in [1.29, 1.82) is 0 Å². The van der Waals surface area contributed by atoms with Gasteiger partial charge in [0.05, 0.1) is 6.26 Å². The third-order valence-corrected chi connectivity index (χ3v) is 3.42. The molecule has 1 N–H and O–H groups in total. The number of halogens is 1. The van der Waals surface area contributed by atoms with Gasteiger partial charge in [0.25, 0.3) is 0 Å². The minimum absolute atomic E-state index is 0.207. The van der Waals surface area contributed by atoms with Crippen LogP contribution in [0.5, 0.6) is 0 Å². The van der Waals surface area contributed by atoms with E-state index in [0.717, 1.165) is 5.56 Å². The van der Waals surface area contributed by atoms with Crippen LogP contribution in [0.1, 0.15) is 30.0 Å². The zero-order valence-corrected chi connectivity index (χ0v) is 12.8. The van der Waals surface area contributed by atoms with Gasteiger partial charge in [-0.1, -0.05) is 16.8 Å². The van der Waals surface area contributed by atoms with Crippen molar-refractivity contribution in [1.82, 2.24) is 10.4 Å². The lowest BCUT2D eigenvalue weighted by Gasteiger charge is -2.30. The largest absolute Gasteiger partial charge is 0.459 e. The van der Waals surface area contributed by atoms with Crippen LogP contribution in [0.2, 0.25) is 5.02 Å². The molecule has 1 aliphatic heterocycles. The third kappa shape index (κ3) is 2.65. The molecule has 0 saturated heterocycles. The number of carbonyl (C=O) groups excluding carboxylic acids is 1. The molecule has 0 atom stereocenters. The highest BCUT2D eigenvalue weighted by Gasteiger charge is 2.40. The number of amidine groups is 1. The molecule has 1 amide bonds. The van der Waals surface area contributed by atoms with Gasteiger partial charge >= 0.3 is 5.91 Å². The maximum Gasteiger partial charge on any atom is 0.305 e. The Kier molecular flexibility index (Phi) is 3.54. The summed E-state index contributed by atoms with van der Waals surface area (Å²) >= 11 is 5.90. The van der Waals surface area contributed by atoms with Gasteiger partial charge in [-0.25, -0.2) is 5.01 Å². The summed E-state index contributed by atoms with van der Waals surface area (Å²) in [5.74, 6) is 0.310. The Morgan fingerprint density at radius 1 is 1.27 bits per heavy atom. The van der Waals surface area contributed by atoms with Crippen LogP contribution in [0.25, 0.3) is 0 Å². The predicted molar refractivity (Wildman–Crippen MR) is 81.2 cm³/mol. The average molecular weight is 320 g/mol. The highest BCUT2D eigenvalue weighted by molar-refractivity contribution is 6.30. The Morgan fingerprint density at radius 2 is 2.00 bits per heavy atom. The Balaban J connectivity index is 1.87. The van der Waals surface area contributed by atoms with Crippen molar-refractivity contribution in [2.45, 2.75) is 19.6 Å². The van der Waals surface area contributed by atoms with Crippen LogP contribution < -0.4 is 5.43 Å². The molecule has 0 bridgehead atoms. The zero-order valence-electron chi connectivity index (χ0n) is 12.0. The van der Waals surface area contributed by atoms with E-state index in [1.54, 1.807) is 55.3 Å². The lowest BCUT2D eigenvalue weighted by Crippen LogP contribution is -2.54. The van der Waals surface area contributed by atoms with E-state index >= 15 is 0 Å². The normalized spacial score (nSPS) is 16.1. The molecule has 6 nitrogen and oxygen atoms in total. The highest BCUT2D eigenvalue weighted by atomic mass is 35.5. The number of oxime groups is 1. The van der Waals surface area contributed by atoms with Crippen LogP contribution in [-0.4, -0.2) is 22.5 Å². The second-order valence-corrected chi connectivity index (χ2v) is 5.65. The minimum atomic E-state index is -0.822. The van der Waals surface area contributed by atoms with E-state index in [4.69, 9.17) is 20.9 Å². The average Bonchev–Trinajstić information content (AvgIpc) is 3.10. The van der Waals surface area contributed by atoms with E-state index in [-0.39, 0.29) is 11.7 Å². The van der Waals surface area contributed by atoms with Crippen molar-refractivity contribution in [3.63, 3.8) is 0 Å². The molecule has 1 aliphatic rings. The molecule has 1 aromatic carbocycles. The van der Waals surface area contributed by atoms with Crippen LogP contribution in [-0.2, 0) is 4.84 Å². The van der Waals surface area contributed by atoms with Gasteiger partial charge in [-0.3, -0.25) is 10.2 Å². The summed E-state index contributed by atoms with van der Waals surface area (Å²) < 4.78 is 5.09. The maximum absolute atomic E-state index is 12.2. The van der Waals surface area contributed by atoms with E-state index < -0.39 is 5.72 Å². The third-order valence-electron chi connectivity index (χ3n) is 3.17. The number of nitrogens with one attached hydrogen (secondary N) is 1. The standard InChI is InChI=1S/C15H14ClN3O3/c1-15(2)19(17-14(20)12-4-3-9-21-12)13(18-22-15)10-5-7-11(16)8-6-10/h3-9H,1-2H3,(H,17,20). The molecular weight excluding hydrogens is 306 g/mol. The Hall–Kier alpha value is -2.47. The fourth-order valence-electron chi connectivity index (χ4n) is 2.02. The summed E-state index contributed by atoms with van der Waals surface area (Å²) in [5.41, 5.74) is 2.70. The Bertz CT molecular complexity index is 708. The number of furan rings is 1. The number of amides is 1. The second-order valence-electron chi connectivity index (χ2n) is 5.21. The number of hydrazine groups is 1. The highest BCUT2D eigenvalue weighted by Crippen LogP contribution is 2.25. The van der Waals surface area contributed by atoms with Crippen molar-refractivity contribution >= 4 is 23.3 Å². The Morgan fingerprint density at radius 3 is 2.64 bits per heavy atom. The van der Waals surface area contributed by atoms with Gasteiger partial charge in [-0.05, 0) is 50.2 Å². The molecule has 0 spiro atoms. The van der Waals surface area contributed by atoms with Crippen LogP contribution in [0.4, 0.5) is 0 Å². The number of carbonyl (C=O) groups is 1. The van der Waals surface area contributed by atoms with E-state index in [1.807, 2.05) is 0 Å². The zero-order chi connectivity index (χ0) is 15.7. The molecule has 114 valence electrons. The lowest BCUT2D eigenvalue weighted by atomic mass is 10.2. The molecule has 0 fully saturated rings. The van der Waals surface area contributed by atoms with Gasteiger partial charge < -0.3 is 9.25 Å². The first-order chi connectivity index (χ1) is 10.5. The van der Waals surface area contributed by atoms with Crippen molar-refractivity contribution in [3.05, 3.63) is 59.0 Å². The summed E-state index contributed by atoms with van der Waals surface area (Å²) in [6.45, 7) is 3.59. The van der Waals surface area contributed by atoms with Crippen LogP contribution in [0.3, 0.4) is 0 Å². The van der Waals surface area contributed by atoms with Crippen LogP contribution in [0.15, 0.2) is 52.2 Å². The van der Waals surface area contributed by atoms with Crippen LogP contribution in [0, 0.1) is 0 Å². The smallest absolute Gasteiger partial charge is 0.305 e. The number of hydrogen-bond donors (Lipinski definition) is 1. The van der Waals surface area contributed by atoms with Gasteiger partial charge in [0, 0.05) is 10.6 Å². The fourth-order valence-corrected chi connectivity index (χ4v) is 2.15. The van der Waals surface area contributed by atoms with Crippen molar-refractivity contribution < 1.29 is 14.0 Å². The van der Waals surface area contributed by atoms with E-state index in [1.165, 1.54) is 6.26 Å². The van der Waals surface area contributed by atoms with Gasteiger partial charge in [0.1, 0.15) is 0 Å². The van der Waals surface area contributed by atoms with Crippen LogP contribution >= 0.6 is 11.6 Å². The van der Waals surface area contributed by atoms with Gasteiger partial charge in [-0.15, -0.1) is 0 Å². The first-order valence-corrected chi connectivity index (χ1v) is 7.02. The molecule has 2 heterocycles. The van der Waals surface area contributed by atoms with Gasteiger partial charge in [-0.2, -0.15) is 0 Å². The summed E-state index contributed by atoms with van der Waals surface area (Å²) in [5, 5.41) is 6.23. The molecule has 0 radical (unpaired) electrons. The predicted octanol–water partition coefficient (Wildman–Crippen LogP) is 3.01. The molecular formula is C15H14ClN3O3. The number of benzene rings is 1. The molecule has 0 saturated carbocycles. The summed E-state index contributed by atoms with van der Waals surface area (Å²) in [6, 6.07) is 10.3. The second kappa shape index (κ2) is 5.38. The summed E-state index contributed by atoms with van der Waals surface area (Å²) in [6.07, 6.45) is 1.44. The van der Waals surface area contributed by atoms with Crippen molar-refractivity contribution in [3.8, 4) is 0 Å². The maximum atomic E-state index is 12.2. The van der Waals surface area contributed by atoms with Crippen molar-refractivity contribution in [2.75, 3.05) is 0 Å². The number of rotatable bonds is 3. The first-order valence-electron chi connectivity index (χ1n) is 6.64. The van der Waals surface area contributed by atoms with E-state index in [9.17, 15) is 4.79 Å². The molecule has 3 rings (SSSR count). The molecule has 1 aromatic heterocycles. The van der Waals surface area contributed by atoms with Crippen molar-refractivity contribution in [2.24, 2.45) is 5.16 Å². The summed E-state index contributed by atoms with van der Waals surface area (Å²) in [4.78, 5) is 17.6. The van der Waals surface area contributed by atoms with E-state index in [0.29, 0.717) is 10.9 Å². The monoisotopic (exact) mass is 319 g/mol.